The highest BCUT2D eigenvalue weighted by molar-refractivity contribution is 6.01. The van der Waals surface area contributed by atoms with Crippen molar-refractivity contribution in [2.75, 3.05) is 6.61 Å². The Labute approximate surface area is 95.7 Å². The lowest BCUT2D eigenvalue weighted by atomic mass is 9.92. The number of ketones is 1. The maximum absolute atomic E-state index is 11.9. The summed E-state index contributed by atoms with van der Waals surface area (Å²) < 4.78 is 0. The number of aliphatic hydroxyl groups excluding tert-OH is 1. The number of hydrogen-bond donors (Lipinski definition) is 2. The molecular formula is C13H18O3. The Bertz CT molecular complexity index is 352. The molecule has 3 heteroatoms. The van der Waals surface area contributed by atoms with Crippen molar-refractivity contribution in [3.8, 4) is 0 Å². The predicted octanol–water partition coefficient (Wildman–Crippen LogP) is 1.57. The van der Waals surface area contributed by atoms with Gasteiger partial charge >= 0.3 is 0 Å². The second-order valence-corrected chi connectivity index (χ2v) is 4.13. The van der Waals surface area contributed by atoms with Gasteiger partial charge in [-0.2, -0.15) is 0 Å². The van der Waals surface area contributed by atoms with E-state index in [-0.39, 0.29) is 12.4 Å². The minimum absolute atomic E-state index is 0.0972. The van der Waals surface area contributed by atoms with Gasteiger partial charge in [-0.15, -0.1) is 0 Å². The first-order chi connectivity index (χ1) is 7.51. The fourth-order valence-electron chi connectivity index (χ4n) is 1.42. The Hall–Kier alpha value is -1.19. The third-order valence-corrected chi connectivity index (χ3v) is 2.79. The molecule has 0 bridgehead atoms. The molecule has 0 aliphatic carbocycles. The fraction of sp³-hybridized carbons (Fsp3) is 0.462. The quantitative estimate of drug-likeness (QED) is 0.743. The summed E-state index contributed by atoms with van der Waals surface area (Å²) in [5.41, 5.74) is 0.196. The van der Waals surface area contributed by atoms with Gasteiger partial charge in [0.05, 0.1) is 0 Å². The number of carbonyl (C=O) groups is 1. The largest absolute Gasteiger partial charge is 0.396 e. The summed E-state index contributed by atoms with van der Waals surface area (Å²) in [6, 6.07) is 6.99. The van der Waals surface area contributed by atoms with Crippen molar-refractivity contribution in [1.82, 2.24) is 0 Å². The Kier molecular flexibility index (Phi) is 4.21. The number of benzene rings is 1. The first-order valence-electron chi connectivity index (χ1n) is 5.48. The van der Waals surface area contributed by atoms with Crippen LogP contribution >= 0.6 is 0 Å². The van der Waals surface area contributed by atoms with E-state index in [0.717, 1.165) is 5.56 Å². The molecule has 88 valence electrons. The molecule has 0 saturated heterocycles. The molecule has 0 saturated carbocycles. The van der Waals surface area contributed by atoms with Gasteiger partial charge in [0.15, 0.2) is 5.78 Å². The van der Waals surface area contributed by atoms with E-state index in [1.54, 1.807) is 31.2 Å². The van der Waals surface area contributed by atoms with Crippen LogP contribution in [0.15, 0.2) is 24.3 Å². The van der Waals surface area contributed by atoms with Crippen LogP contribution in [0.25, 0.3) is 0 Å². The molecule has 1 rings (SSSR count). The van der Waals surface area contributed by atoms with Crippen LogP contribution in [0.1, 0.15) is 36.2 Å². The molecule has 16 heavy (non-hydrogen) atoms. The molecule has 0 fully saturated rings. The van der Waals surface area contributed by atoms with Gasteiger partial charge in [0.25, 0.3) is 0 Å². The number of aliphatic hydroxyl groups is 2. The van der Waals surface area contributed by atoms with E-state index in [1.165, 1.54) is 6.92 Å². The molecule has 0 heterocycles. The SMILES string of the molecule is CCC(C)(O)C(=O)c1ccc(CCO)cc1. The monoisotopic (exact) mass is 222 g/mol. The Morgan fingerprint density at radius 1 is 1.31 bits per heavy atom. The van der Waals surface area contributed by atoms with Crippen LogP contribution < -0.4 is 0 Å². The topological polar surface area (TPSA) is 57.5 Å². The first kappa shape index (κ1) is 12.9. The summed E-state index contributed by atoms with van der Waals surface area (Å²) in [6.07, 6.45) is 0.975. The third kappa shape index (κ3) is 2.90. The van der Waals surface area contributed by atoms with Crippen LogP contribution in [0.3, 0.4) is 0 Å². The zero-order valence-electron chi connectivity index (χ0n) is 9.73. The van der Waals surface area contributed by atoms with Crippen molar-refractivity contribution >= 4 is 5.78 Å². The van der Waals surface area contributed by atoms with Crippen molar-refractivity contribution in [3.63, 3.8) is 0 Å². The minimum atomic E-state index is -1.29. The van der Waals surface area contributed by atoms with Crippen LogP contribution in [-0.4, -0.2) is 28.2 Å². The molecule has 3 nitrogen and oxygen atoms in total. The van der Waals surface area contributed by atoms with E-state index < -0.39 is 5.60 Å². The normalized spacial score (nSPS) is 14.5. The lowest BCUT2D eigenvalue weighted by Crippen LogP contribution is -2.34. The standard InChI is InChI=1S/C13H18O3/c1-3-13(2,16)12(15)11-6-4-10(5-7-11)8-9-14/h4-7,14,16H,3,8-9H2,1-2H3. The maximum atomic E-state index is 11.9. The number of hydrogen-bond acceptors (Lipinski definition) is 3. The smallest absolute Gasteiger partial charge is 0.194 e. The van der Waals surface area contributed by atoms with Gasteiger partial charge in [-0.3, -0.25) is 4.79 Å². The lowest BCUT2D eigenvalue weighted by molar-refractivity contribution is 0.0390. The highest BCUT2D eigenvalue weighted by Crippen LogP contribution is 2.17. The van der Waals surface area contributed by atoms with Crippen LogP contribution in [0.5, 0.6) is 0 Å². The van der Waals surface area contributed by atoms with E-state index in [1.807, 2.05) is 0 Å². The van der Waals surface area contributed by atoms with Gasteiger partial charge in [-0.1, -0.05) is 31.2 Å². The van der Waals surface area contributed by atoms with Crippen molar-refractivity contribution in [3.05, 3.63) is 35.4 Å². The molecule has 1 unspecified atom stereocenters. The minimum Gasteiger partial charge on any atom is -0.396 e. The Balaban J connectivity index is 2.86. The van der Waals surface area contributed by atoms with Gasteiger partial charge in [-0.25, -0.2) is 0 Å². The molecule has 1 aromatic rings. The van der Waals surface area contributed by atoms with E-state index >= 15 is 0 Å². The summed E-state index contributed by atoms with van der Waals surface area (Å²) in [5.74, 6) is -0.259. The maximum Gasteiger partial charge on any atom is 0.194 e. The van der Waals surface area contributed by atoms with E-state index in [9.17, 15) is 9.90 Å². The fourth-order valence-corrected chi connectivity index (χ4v) is 1.42. The second kappa shape index (κ2) is 5.23. The van der Waals surface area contributed by atoms with Crippen LogP contribution in [0.2, 0.25) is 0 Å². The average molecular weight is 222 g/mol. The molecule has 0 spiro atoms. The summed E-state index contributed by atoms with van der Waals surface area (Å²) >= 11 is 0. The zero-order chi connectivity index (χ0) is 12.2. The van der Waals surface area contributed by atoms with Gasteiger partial charge in [-0.05, 0) is 25.3 Å². The summed E-state index contributed by atoms with van der Waals surface area (Å²) in [5, 5.41) is 18.6. The van der Waals surface area contributed by atoms with Crippen molar-refractivity contribution in [2.24, 2.45) is 0 Å². The van der Waals surface area contributed by atoms with E-state index in [2.05, 4.69) is 0 Å². The zero-order valence-corrected chi connectivity index (χ0v) is 9.73. The number of carbonyl (C=O) groups excluding carboxylic acids is 1. The van der Waals surface area contributed by atoms with Crippen LogP contribution in [-0.2, 0) is 6.42 Å². The molecule has 0 amide bonds. The molecule has 2 N–H and O–H groups in total. The van der Waals surface area contributed by atoms with Crippen molar-refractivity contribution in [2.45, 2.75) is 32.3 Å². The predicted molar refractivity (Wildman–Crippen MR) is 62.5 cm³/mol. The molecule has 0 aliphatic rings. The van der Waals surface area contributed by atoms with E-state index in [0.29, 0.717) is 18.4 Å². The second-order valence-electron chi connectivity index (χ2n) is 4.13. The lowest BCUT2D eigenvalue weighted by Gasteiger charge is -2.19. The van der Waals surface area contributed by atoms with Crippen molar-refractivity contribution < 1.29 is 15.0 Å². The highest BCUT2D eigenvalue weighted by Gasteiger charge is 2.28. The third-order valence-electron chi connectivity index (χ3n) is 2.79. The van der Waals surface area contributed by atoms with Gasteiger partial charge in [0.1, 0.15) is 5.60 Å². The number of Topliss-reactive ketones (excluding diaryl/α,β-unsaturated/α-hetero) is 1. The molecular weight excluding hydrogens is 204 g/mol. The van der Waals surface area contributed by atoms with Gasteiger partial charge < -0.3 is 10.2 Å². The Morgan fingerprint density at radius 2 is 1.88 bits per heavy atom. The highest BCUT2D eigenvalue weighted by atomic mass is 16.3. The van der Waals surface area contributed by atoms with Crippen LogP contribution in [0.4, 0.5) is 0 Å². The molecule has 0 radical (unpaired) electrons. The van der Waals surface area contributed by atoms with Crippen LogP contribution in [0, 0.1) is 0 Å². The summed E-state index contributed by atoms with van der Waals surface area (Å²) in [4.78, 5) is 11.9. The van der Waals surface area contributed by atoms with Crippen molar-refractivity contribution in [1.29, 1.82) is 0 Å². The van der Waals surface area contributed by atoms with Gasteiger partial charge in [0, 0.05) is 12.2 Å². The molecule has 1 atom stereocenters. The summed E-state index contributed by atoms with van der Waals surface area (Å²) in [7, 11) is 0. The molecule has 0 aromatic heterocycles. The van der Waals surface area contributed by atoms with Gasteiger partial charge in [0.2, 0.25) is 0 Å². The Morgan fingerprint density at radius 3 is 2.31 bits per heavy atom. The first-order valence-corrected chi connectivity index (χ1v) is 5.48. The average Bonchev–Trinajstić information content (AvgIpc) is 2.29. The van der Waals surface area contributed by atoms with E-state index in [4.69, 9.17) is 5.11 Å². The molecule has 0 aliphatic heterocycles. The molecule has 1 aromatic carbocycles. The summed E-state index contributed by atoms with van der Waals surface area (Å²) in [6.45, 7) is 3.40. The number of rotatable bonds is 5.